The molecule has 0 atom stereocenters. The van der Waals surface area contributed by atoms with E-state index in [-0.39, 0.29) is 23.6 Å². The van der Waals surface area contributed by atoms with Crippen LogP contribution >= 0.6 is 48.0 Å². The zero-order chi connectivity index (χ0) is 30.2. The lowest BCUT2D eigenvalue weighted by atomic mass is 10.1. The maximum Gasteiger partial charge on any atom is 0.267 e. The Morgan fingerprint density at radius 2 is 1.00 bits per heavy atom. The van der Waals surface area contributed by atoms with Crippen LogP contribution in [0.15, 0.2) is 9.81 Å². The molecule has 42 heavy (non-hydrogen) atoms. The lowest BCUT2D eigenvalue weighted by Gasteiger charge is -2.30. The first kappa shape index (κ1) is 33.3. The van der Waals surface area contributed by atoms with Gasteiger partial charge in [0, 0.05) is 25.9 Å². The third-order valence-electron chi connectivity index (χ3n) is 8.39. The van der Waals surface area contributed by atoms with Crippen molar-refractivity contribution in [3.05, 3.63) is 9.81 Å². The molecule has 4 fully saturated rings. The van der Waals surface area contributed by atoms with Crippen molar-refractivity contribution in [3.63, 3.8) is 0 Å². The lowest BCUT2D eigenvalue weighted by molar-refractivity contribution is -0.883. The monoisotopic (exact) mass is 656 g/mol. The standard InChI is InChI=1S/C28H42N6O4S4/c1-29-13-17-31(18-14-29)21(35)9-5-3-7-11-33-25(37)23(41-27(33)39)24-26(38)34(28(40)42-24)12-8-4-6-10-22(36)32-19-15-30(2)16-20-32/h3-20H2,1-2H3/p+2/b24-23+. The summed E-state index contributed by atoms with van der Waals surface area (Å²) in [6, 6.07) is 0. The molecular weight excluding hydrogens is 613 g/mol. The Bertz CT molecular complexity index is 1020. The molecule has 4 saturated heterocycles. The molecule has 14 heteroatoms. The zero-order valence-corrected chi connectivity index (χ0v) is 28.0. The van der Waals surface area contributed by atoms with Gasteiger partial charge in [0.15, 0.2) is 0 Å². The number of hydrogen-bond donors (Lipinski definition) is 2. The SMILES string of the molecule is C[NH+]1CCN(C(=O)CCCCCN2C(=O)/C(=C3\SC(=S)N(CCCCCC(=O)N4CC[NH+](C)CC4)C3=O)SC2=S)CC1. The number of carbonyl (C=O) groups excluding carboxylic acids is 4. The summed E-state index contributed by atoms with van der Waals surface area (Å²) >= 11 is 13.3. The first-order chi connectivity index (χ1) is 20.2. The molecule has 4 rings (SSSR count). The second kappa shape index (κ2) is 15.9. The summed E-state index contributed by atoms with van der Waals surface area (Å²) in [6.45, 7) is 8.26. The summed E-state index contributed by atoms with van der Waals surface area (Å²) in [5, 5.41) is 0. The van der Waals surface area contributed by atoms with Gasteiger partial charge >= 0.3 is 0 Å². The van der Waals surface area contributed by atoms with Crippen LogP contribution in [0.3, 0.4) is 0 Å². The fourth-order valence-electron chi connectivity index (χ4n) is 5.49. The molecule has 4 amide bonds. The topological polar surface area (TPSA) is 90.1 Å². The summed E-state index contributed by atoms with van der Waals surface area (Å²) in [5.41, 5.74) is 0. The lowest BCUT2D eigenvalue weighted by Crippen LogP contribution is -3.12. The van der Waals surface area contributed by atoms with Gasteiger partial charge in [0.2, 0.25) is 11.8 Å². The zero-order valence-electron chi connectivity index (χ0n) is 24.8. The fraction of sp³-hybridized carbons (Fsp3) is 0.714. The van der Waals surface area contributed by atoms with Crippen LogP contribution in [0.25, 0.3) is 0 Å². The Kier molecular flexibility index (Phi) is 12.6. The summed E-state index contributed by atoms with van der Waals surface area (Å²) in [5.74, 6) is -0.0267. The van der Waals surface area contributed by atoms with Gasteiger partial charge in [-0.05, 0) is 25.7 Å². The molecule has 0 aromatic rings. The van der Waals surface area contributed by atoms with Gasteiger partial charge in [-0.2, -0.15) is 0 Å². The van der Waals surface area contributed by atoms with Gasteiger partial charge in [0.05, 0.1) is 76.3 Å². The smallest absolute Gasteiger partial charge is 0.267 e. The molecule has 0 bridgehead atoms. The number of quaternary nitrogens is 2. The van der Waals surface area contributed by atoms with Crippen LogP contribution < -0.4 is 9.80 Å². The molecule has 4 aliphatic rings. The van der Waals surface area contributed by atoms with Gasteiger partial charge < -0.3 is 19.6 Å². The van der Waals surface area contributed by atoms with E-state index in [1.54, 1.807) is 9.80 Å². The number of thiocarbonyl (C=S) groups is 2. The van der Waals surface area contributed by atoms with Crippen LogP contribution in [0.2, 0.25) is 0 Å². The number of hydrogen-bond acceptors (Lipinski definition) is 8. The van der Waals surface area contributed by atoms with Crippen molar-refractivity contribution in [1.82, 2.24) is 19.6 Å². The molecule has 4 aliphatic heterocycles. The van der Waals surface area contributed by atoms with Gasteiger partial charge in [0.25, 0.3) is 11.8 Å². The van der Waals surface area contributed by atoms with Crippen LogP contribution in [0.4, 0.5) is 0 Å². The minimum absolute atomic E-state index is 0.218. The molecule has 0 spiro atoms. The normalized spacial score (nSPS) is 22.7. The Hall–Kier alpha value is -1.58. The number of thioether (sulfide) groups is 2. The van der Waals surface area contributed by atoms with E-state index in [1.165, 1.54) is 33.3 Å². The molecule has 0 saturated carbocycles. The van der Waals surface area contributed by atoms with E-state index < -0.39 is 0 Å². The van der Waals surface area contributed by atoms with Crippen LogP contribution in [-0.2, 0) is 19.2 Å². The molecule has 0 aromatic carbocycles. The second-order valence-corrected chi connectivity index (χ2v) is 14.9. The first-order valence-electron chi connectivity index (χ1n) is 15.2. The number of piperazine rings is 2. The summed E-state index contributed by atoms with van der Waals surface area (Å²) in [6.07, 6.45) is 5.81. The molecule has 0 radical (unpaired) electrons. The van der Waals surface area contributed by atoms with E-state index in [0.29, 0.717) is 44.4 Å². The number of nitrogens with zero attached hydrogens (tertiary/aromatic N) is 4. The van der Waals surface area contributed by atoms with Crippen LogP contribution in [-0.4, -0.2) is 131 Å². The first-order valence-corrected chi connectivity index (χ1v) is 17.6. The molecular formula is C28H44N6O4S4+2. The van der Waals surface area contributed by atoms with E-state index in [0.717, 1.165) is 90.9 Å². The molecule has 232 valence electrons. The van der Waals surface area contributed by atoms with Gasteiger partial charge in [0.1, 0.15) is 8.64 Å². The van der Waals surface area contributed by atoms with Crippen molar-refractivity contribution in [2.75, 3.05) is 79.5 Å². The van der Waals surface area contributed by atoms with Crippen molar-refractivity contribution in [2.24, 2.45) is 0 Å². The van der Waals surface area contributed by atoms with Gasteiger partial charge in [-0.3, -0.25) is 29.0 Å². The highest BCUT2D eigenvalue weighted by Crippen LogP contribution is 2.42. The minimum atomic E-state index is -0.231. The fourth-order valence-corrected chi connectivity index (χ4v) is 8.26. The molecule has 4 heterocycles. The molecule has 0 unspecified atom stereocenters. The highest BCUT2D eigenvalue weighted by molar-refractivity contribution is 8.29. The third-order valence-corrected chi connectivity index (χ3v) is 11.4. The van der Waals surface area contributed by atoms with E-state index >= 15 is 0 Å². The quantitative estimate of drug-likeness (QED) is 0.169. The van der Waals surface area contributed by atoms with E-state index in [2.05, 4.69) is 14.1 Å². The summed E-state index contributed by atoms with van der Waals surface area (Å²) in [7, 11) is 4.31. The van der Waals surface area contributed by atoms with Gasteiger partial charge in [-0.15, -0.1) is 0 Å². The van der Waals surface area contributed by atoms with Crippen molar-refractivity contribution in [3.8, 4) is 0 Å². The van der Waals surface area contributed by atoms with Crippen LogP contribution in [0, 0.1) is 0 Å². The maximum absolute atomic E-state index is 13.2. The molecule has 2 N–H and O–H groups in total. The largest absolute Gasteiger partial charge is 0.334 e. The number of nitrogens with one attached hydrogen (secondary N) is 2. The van der Waals surface area contributed by atoms with Crippen molar-refractivity contribution < 1.29 is 29.0 Å². The highest BCUT2D eigenvalue weighted by Gasteiger charge is 2.41. The Morgan fingerprint density at radius 3 is 1.36 bits per heavy atom. The summed E-state index contributed by atoms with van der Waals surface area (Å²) < 4.78 is 0.922. The second-order valence-electron chi connectivity index (χ2n) is 11.6. The van der Waals surface area contributed by atoms with Crippen molar-refractivity contribution >= 4 is 80.2 Å². The number of amides is 4. The third kappa shape index (κ3) is 8.75. The molecule has 0 aliphatic carbocycles. The number of likely N-dealkylation sites (N-methyl/N-ethyl adjacent to an activating group) is 2. The minimum Gasteiger partial charge on any atom is -0.334 e. The Morgan fingerprint density at radius 1 is 0.643 bits per heavy atom. The number of rotatable bonds is 12. The predicted molar refractivity (Wildman–Crippen MR) is 174 cm³/mol. The average Bonchev–Trinajstić information content (AvgIpc) is 3.41. The average molecular weight is 657 g/mol. The Balaban J connectivity index is 1.16. The van der Waals surface area contributed by atoms with E-state index in [9.17, 15) is 19.2 Å². The van der Waals surface area contributed by atoms with Crippen LogP contribution in [0.5, 0.6) is 0 Å². The van der Waals surface area contributed by atoms with Gasteiger partial charge in [-0.1, -0.05) is 60.8 Å². The van der Waals surface area contributed by atoms with E-state index in [4.69, 9.17) is 24.4 Å². The maximum atomic E-state index is 13.2. The number of carbonyl (C=O) groups is 4. The van der Waals surface area contributed by atoms with Crippen molar-refractivity contribution in [2.45, 2.75) is 51.4 Å². The number of unbranched alkanes of at least 4 members (excludes halogenated alkanes) is 4. The molecule has 0 aromatic heterocycles. The predicted octanol–water partition coefficient (Wildman–Crippen LogP) is -0.247. The summed E-state index contributed by atoms with van der Waals surface area (Å²) in [4.78, 5) is 62.1. The van der Waals surface area contributed by atoms with Crippen LogP contribution in [0.1, 0.15) is 51.4 Å². The van der Waals surface area contributed by atoms with Crippen molar-refractivity contribution in [1.29, 1.82) is 0 Å². The van der Waals surface area contributed by atoms with E-state index in [1.807, 2.05) is 9.80 Å². The molecule has 10 nitrogen and oxygen atoms in total. The highest BCUT2D eigenvalue weighted by atomic mass is 32.2. The van der Waals surface area contributed by atoms with Gasteiger partial charge in [-0.25, -0.2) is 0 Å². The Labute approximate surface area is 268 Å².